The number of carbonyl (C=O) groups is 1. The van der Waals surface area contributed by atoms with Gasteiger partial charge < -0.3 is 0 Å². The lowest BCUT2D eigenvalue weighted by Gasteiger charge is -2.05. The monoisotopic (exact) mass is 276 g/mol. The van der Waals surface area contributed by atoms with E-state index in [1.54, 1.807) is 13.0 Å². The van der Waals surface area contributed by atoms with E-state index >= 15 is 0 Å². The predicted molar refractivity (Wildman–Crippen MR) is 58.9 cm³/mol. The van der Waals surface area contributed by atoms with Crippen molar-refractivity contribution in [2.45, 2.75) is 19.8 Å². The molecule has 0 atom stereocenters. The first-order valence-electron chi connectivity index (χ1n) is 4.53. The summed E-state index contributed by atoms with van der Waals surface area (Å²) in [6, 6.07) is 4.30. The van der Waals surface area contributed by atoms with Crippen molar-refractivity contribution in [1.82, 2.24) is 0 Å². The second kappa shape index (κ2) is 5.35. The van der Waals surface area contributed by atoms with Crippen LogP contribution in [-0.2, 0) is 0 Å². The van der Waals surface area contributed by atoms with Crippen LogP contribution in [0.1, 0.15) is 34.3 Å². The second-order valence-electron chi connectivity index (χ2n) is 3.30. The molecule has 0 saturated carbocycles. The van der Waals surface area contributed by atoms with Crippen molar-refractivity contribution >= 4 is 21.7 Å². The quantitative estimate of drug-likeness (QED) is 0.602. The van der Waals surface area contributed by atoms with Crippen LogP contribution in [0, 0.1) is 6.92 Å². The van der Waals surface area contributed by atoms with Gasteiger partial charge in [-0.15, -0.1) is 0 Å². The molecule has 0 heterocycles. The molecule has 1 aromatic carbocycles. The standard InChI is InChI=1S/C11H11BrF2O/c1-7-4-8(10(15)2-3-12)6-9(5-7)11(13)14/h4-6,11H,2-3H2,1H3. The number of ketones is 1. The van der Waals surface area contributed by atoms with E-state index in [2.05, 4.69) is 15.9 Å². The maximum Gasteiger partial charge on any atom is 0.263 e. The molecular weight excluding hydrogens is 266 g/mol. The Morgan fingerprint density at radius 1 is 1.40 bits per heavy atom. The maximum atomic E-state index is 12.5. The minimum absolute atomic E-state index is 0.0899. The molecule has 0 aromatic heterocycles. The molecule has 0 bridgehead atoms. The first-order valence-corrected chi connectivity index (χ1v) is 5.65. The summed E-state index contributed by atoms with van der Waals surface area (Å²) in [4.78, 5) is 11.5. The molecule has 0 radical (unpaired) electrons. The fourth-order valence-electron chi connectivity index (χ4n) is 1.33. The van der Waals surface area contributed by atoms with Crippen LogP contribution in [0.15, 0.2) is 18.2 Å². The number of Topliss-reactive ketones (excluding diaryl/α,β-unsaturated/α-hetero) is 1. The number of halogens is 3. The Hall–Kier alpha value is -0.770. The first kappa shape index (κ1) is 12.3. The predicted octanol–water partition coefficient (Wildman–Crippen LogP) is 3.90. The Bertz CT molecular complexity index is 364. The third-order valence-electron chi connectivity index (χ3n) is 2.00. The van der Waals surface area contributed by atoms with E-state index < -0.39 is 6.43 Å². The molecule has 0 N–H and O–H groups in total. The van der Waals surface area contributed by atoms with E-state index in [4.69, 9.17) is 0 Å². The average Bonchev–Trinajstić information content (AvgIpc) is 2.17. The highest BCUT2D eigenvalue weighted by Crippen LogP contribution is 2.22. The molecule has 0 unspecified atom stereocenters. The minimum Gasteiger partial charge on any atom is -0.294 e. The lowest BCUT2D eigenvalue weighted by Crippen LogP contribution is -2.01. The van der Waals surface area contributed by atoms with Gasteiger partial charge >= 0.3 is 0 Å². The summed E-state index contributed by atoms with van der Waals surface area (Å²) < 4.78 is 24.9. The normalized spacial score (nSPS) is 10.7. The van der Waals surface area contributed by atoms with Gasteiger partial charge in [-0.05, 0) is 24.6 Å². The smallest absolute Gasteiger partial charge is 0.263 e. The van der Waals surface area contributed by atoms with Crippen molar-refractivity contribution in [2.75, 3.05) is 5.33 Å². The van der Waals surface area contributed by atoms with Crippen LogP contribution in [0.5, 0.6) is 0 Å². The Balaban J connectivity index is 3.03. The molecule has 0 aliphatic carbocycles. The number of carbonyl (C=O) groups excluding carboxylic acids is 1. The molecule has 15 heavy (non-hydrogen) atoms. The van der Waals surface area contributed by atoms with E-state index in [1.807, 2.05) is 0 Å². The van der Waals surface area contributed by atoms with Gasteiger partial charge in [-0.25, -0.2) is 8.78 Å². The number of hydrogen-bond acceptors (Lipinski definition) is 1. The van der Waals surface area contributed by atoms with Crippen molar-refractivity contribution in [1.29, 1.82) is 0 Å². The van der Waals surface area contributed by atoms with Gasteiger partial charge in [0.2, 0.25) is 0 Å². The van der Waals surface area contributed by atoms with Gasteiger partial charge in [0.15, 0.2) is 5.78 Å². The fraction of sp³-hybridized carbons (Fsp3) is 0.364. The number of rotatable bonds is 4. The van der Waals surface area contributed by atoms with E-state index in [1.165, 1.54) is 12.1 Å². The van der Waals surface area contributed by atoms with Crippen molar-refractivity contribution in [3.63, 3.8) is 0 Å². The van der Waals surface area contributed by atoms with Gasteiger partial charge in [0, 0.05) is 22.9 Å². The third kappa shape index (κ3) is 3.38. The topological polar surface area (TPSA) is 17.1 Å². The molecule has 1 rings (SSSR count). The highest BCUT2D eigenvalue weighted by atomic mass is 79.9. The van der Waals surface area contributed by atoms with Crippen LogP contribution in [-0.4, -0.2) is 11.1 Å². The first-order chi connectivity index (χ1) is 7.04. The Kier molecular flexibility index (Phi) is 4.39. The van der Waals surface area contributed by atoms with Crippen LogP contribution < -0.4 is 0 Å². The molecule has 0 aliphatic heterocycles. The van der Waals surface area contributed by atoms with Gasteiger partial charge in [0.1, 0.15) is 0 Å². The maximum absolute atomic E-state index is 12.5. The highest BCUT2D eigenvalue weighted by Gasteiger charge is 2.12. The summed E-state index contributed by atoms with van der Waals surface area (Å²) in [5.74, 6) is -0.113. The van der Waals surface area contributed by atoms with Crippen molar-refractivity contribution in [2.24, 2.45) is 0 Å². The molecule has 1 nitrogen and oxygen atoms in total. The molecule has 82 valence electrons. The Morgan fingerprint density at radius 3 is 2.60 bits per heavy atom. The van der Waals surface area contributed by atoms with E-state index in [-0.39, 0.29) is 11.3 Å². The summed E-state index contributed by atoms with van der Waals surface area (Å²) in [5, 5.41) is 0.545. The molecule has 0 fully saturated rings. The molecule has 1 aromatic rings. The fourth-order valence-corrected chi connectivity index (χ4v) is 1.69. The summed E-state index contributed by atoms with van der Waals surface area (Å²) in [5.41, 5.74) is 0.961. The lowest BCUT2D eigenvalue weighted by molar-refractivity contribution is 0.0989. The van der Waals surface area contributed by atoms with Crippen molar-refractivity contribution < 1.29 is 13.6 Å². The Morgan fingerprint density at radius 2 is 2.07 bits per heavy atom. The van der Waals surface area contributed by atoms with Gasteiger partial charge in [0.05, 0.1) is 0 Å². The molecule has 0 aliphatic rings. The largest absolute Gasteiger partial charge is 0.294 e. The van der Waals surface area contributed by atoms with Crippen molar-refractivity contribution in [3.8, 4) is 0 Å². The van der Waals surface area contributed by atoms with Crippen LogP contribution in [0.2, 0.25) is 0 Å². The molecule has 4 heteroatoms. The summed E-state index contributed by atoms with van der Waals surface area (Å²) >= 11 is 3.14. The van der Waals surface area contributed by atoms with Crippen LogP contribution in [0.3, 0.4) is 0 Å². The zero-order valence-corrected chi connectivity index (χ0v) is 9.85. The van der Waals surface area contributed by atoms with Crippen LogP contribution in [0.4, 0.5) is 8.78 Å². The van der Waals surface area contributed by atoms with Gasteiger partial charge in [-0.2, -0.15) is 0 Å². The highest BCUT2D eigenvalue weighted by molar-refractivity contribution is 9.09. The number of aryl methyl sites for hydroxylation is 1. The van der Waals surface area contributed by atoms with Crippen LogP contribution >= 0.6 is 15.9 Å². The number of hydrogen-bond donors (Lipinski definition) is 0. The van der Waals surface area contributed by atoms with Gasteiger partial charge in [-0.1, -0.05) is 22.0 Å². The van der Waals surface area contributed by atoms with Crippen LogP contribution in [0.25, 0.3) is 0 Å². The SMILES string of the molecule is Cc1cc(C(=O)CCBr)cc(C(F)F)c1. The molecule has 0 amide bonds. The van der Waals surface area contributed by atoms with E-state index in [0.29, 0.717) is 22.9 Å². The van der Waals surface area contributed by atoms with Crippen molar-refractivity contribution in [3.05, 3.63) is 34.9 Å². The average molecular weight is 277 g/mol. The summed E-state index contributed by atoms with van der Waals surface area (Å²) in [6.45, 7) is 1.71. The summed E-state index contributed by atoms with van der Waals surface area (Å²) in [6.07, 6.45) is -2.20. The van der Waals surface area contributed by atoms with E-state index in [9.17, 15) is 13.6 Å². The number of alkyl halides is 3. The molecule has 0 saturated heterocycles. The summed E-state index contributed by atoms with van der Waals surface area (Å²) in [7, 11) is 0. The lowest BCUT2D eigenvalue weighted by atomic mass is 10.0. The number of benzene rings is 1. The van der Waals surface area contributed by atoms with E-state index in [0.717, 1.165) is 0 Å². The zero-order valence-electron chi connectivity index (χ0n) is 8.27. The zero-order chi connectivity index (χ0) is 11.4. The third-order valence-corrected chi connectivity index (χ3v) is 2.39. The molecular formula is C11H11BrF2O. The van der Waals surface area contributed by atoms with Gasteiger partial charge in [0.25, 0.3) is 6.43 Å². The minimum atomic E-state index is -2.53. The van der Waals surface area contributed by atoms with Gasteiger partial charge in [-0.3, -0.25) is 4.79 Å². The second-order valence-corrected chi connectivity index (χ2v) is 4.09. The Labute approximate surface area is 95.6 Å². The molecule has 0 spiro atoms.